The van der Waals surface area contributed by atoms with Crippen molar-refractivity contribution in [1.82, 2.24) is 5.06 Å². The van der Waals surface area contributed by atoms with E-state index in [9.17, 15) is 9.90 Å². The number of benzene rings is 1. The Morgan fingerprint density at radius 2 is 2.22 bits per heavy atom. The number of hydroxylamine groups is 2. The van der Waals surface area contributed by atoms with Crippen molar-refractivity contribution in [2.75, 3.05) is 13.2 Å². The first-order valence-corrected chi connectivity index (χ1v) is 5.78. The Hall–Kier alpha value is -1.85. The molecule has 5 nitrogen and oxygen atoms in total. The van der Waals surface area contributed by atoms with E-state index in [1.54, 1.807) is 0 Å². The molecule has 3 rings (SSSR count). The van der Waals surface area contributed by atoms with Crippen LogP contribution in [0.3, 0.4) is 0 Å². The first kappa shape index (κ1) is 11.3. The Morgan fingerprint density at radius 1 is 1.44 bits per heavy atom. The van der Waals surface area contributed by atoms with E-state index in [1.165, 1.54) is 0 Å². The van der Waals surface area contributed by atoms with Crippen molar-refractivity contribution in [1.29, 1.82) is 0 Å². The van der Waals surface area contributed by atoms with Crippen LogP contribution in [0.2, 0.25) is 0 Å². The van der Waals surface area contributed by atoms with Crippen molar-refractivity contribution < 1.29 is 19.2 Å². The summed E-state index contributed by atoms with van der Waals surface area (Å²) in [6.07, 6.45) is -0.626. The van der Waals surface area contributed by atoms with Gasteiger partial charge in [0.1, 0.15) is 18.3 Å². The molecule has 18 heavy (non-hydrogen) atoms. The molecule has 1 aliphatic rings. The van der Waals surface area contributed by atoms with E-state index in [0.717, 1.165) is 16.0 Å². The SMILES string of the molecule is Cc1c(C(=O)N2CC(O)CO2)oc2ccccc12. The molecule has 1 saturated heterocycles. The van der Waals surface area contributed by atoms with Crippen LogP contribution in [0.4, 0.5) is 0 Å². The van der Waals surface area contributed by atoms with Gasteiger partial charge in [0.2, 0.25) is 0 Å². The smallest absolute Gasteiger partial charge is 0.313 e. The molecule has 1 fully saturated rings. The van der Waals surface area contributed by atoms with Crippen molar-refractivity contribution in [2.24, 2.45) is 0 Å². The summed E-state index contributed by atoms with van der Waals surface area (Å²) in [7, 11) is 0. The molecule has 0 saturated carbocycles. The molecule has 1 aliphatic heterocycles. The van der Waals surface area contributed by atoms with E-state index in [0.29, 0.717) is 5.58 Å². The molecular formula is C13H13NO4. The summed E-state index contributed by atoms with van der Waals surface area (Å²) in [5.41, 5.74) is 1.47. The van der Waals surface area contributed by atoms with Crippen LogP contribution < -0.4 is 0 Å². The topological polar surface area (TPSA) is 62.9 Å². The van der Waals surface area contributed by atoms with E-state index in [4.69, 9.17) is 9.25 Å². The summed E-state index contributed by atoms with van der Waals surface area (Å²) in [5.74, 6) is -0.0782. The Labute approximate surface area is 104 Å². The molecule has 1 atom stereocenters. The number of nitrogens with zero attached hydrogens (tertiary/aromatic N) is 1. The second-order valence-electron chi connectivity index (χ2n) is 4.37. The lowest BCUT2D eigenvalue weighted by Gasteiger charge is -2.11. The second kappa shape index (κ2) is 4.12. The van der Waals surface area contributed by atoms with Gasteiger partial charge in [0.15, 0.2) is 5.76 Å². The molecule has 0 bridgehead atoms. The third-order valence-electron chi connectivity index (χ3n) is 3.06. The maximum Gasteiger partial charge on any atom is 0.313 e. The Balaban J connectivity index is 1.99. The standard InChI is InChI=1S/C13H13NO4/c1-8-10-4-2-3-5-11(10)18-12(8)13(16)14-6-9(15)7-17-14/h2-5,9,15H,6-7H2,1H3. The number of fused-ring (bicyclic) bond motifs is 1. The van der Waals surface area contributed by atoms with E-state index in [2.05, 4.69) is 0 Å². The summed E-state index contributed by atoms with van der Waals surface area (Å²) in [6, 6.07) is 7.48. The molecule has 1 aromatic carbocycles. The quantitative estimate of drug-likeness (QED) is 0.829. The average molecular weight is 247 g/mol. The first-order valence-electron chi connectivity index (χ1n) is 5.78. The fraction of sp³-hybridized carbons (Fsp3) is 0.308. The molecule has 5 heteroatoms. The molecule has 1 aromatic heterocycles. The van der Waals surface area contributed by atoms with Crippen LogP contribution >= 0.6 is 0 Å². The van der Waals surface area contributed by atoms with Gasteiger partial charge in [0, 0.05) is 10.9 Å². The lowest BCUT2D eigenvalue weighted by molar-refractivity contribution is -0.0795. The van der Waals surface area contributed by atoms with Gasteiger partial charge in [-0.1, -0.05) is 18.2 Å². The third-order valence-corrected chi connectivity index (χ3v) is 3.06. The summed E-state index contributed by atoms with van der Waals surface area (Å²) in [4.78, 5) is 17.3. The number of carbonyl (C=O) groups is 1. The number of carbonyl (C=O) groups excluding carboxylic acids is 1. The van der Waals surface area contributed by atoms with Crippen molar-refractivity contribution in [3.05, 3.63) is 35.6 Å². The van der Waals surface area contributed by atoms with Gasteiger partial charge in [-0.3, -0.25) is 9.63 Å². The lowest BCUT2D eigenvalue weighted by atomic mass is 10.1. The summed E-state index contributed by atoms with van der Waals surface area (Å²) in [5, 5.41) is 11.4. The molecule has 0 aliphatic carbocycles. The normalized spacial score (nSPS) is 19.7. The lowest BCUT2D eigenvalue weighted by Crippen LogP contribution is -2.28. The number of para-hydroxylation sites is 1. The van der Waals surface area contributed by atoms with Crippen LogP contribution in [0, 0.1) is 6.92 Å². The van der Waals surface area contributed by atoms with E-state index in [1.807, 2.05) is 31.2 Å². The number of rotatable bonds is 1. The van der Waals surface area contributed by atoms with Gasteiger partial charge in [0.05, 0.1) is 6.54 Å². The zero-order valence-electron chi connectivity index (χ0n) is 9.92. The van der Waals surface area contributed by atoms with Crippen LogP contribution in [0.25, 0.3) is 11.0 Å². The fourth-order valence-corrected chi connectivity index (χ4v) is 2.11. The number of β-amino-alcohol motifs (C(OH)–C–C–N with tert-alkyl or cyclic N) is 1. The molecule has 1 amide bonds. The predicted molar refractivity (Wildman–Crippen MR) is 63.9 cm³/mol. The Morgan fingerprint density at radius 3 is 2.89 bits per heavy atom. The number of amides is 1. The van der Waals surface area contributed by atoms with Crippen molar-refractivity contribution >= 4 is 16.9 Å². The largest absolute Gasteiger partial charge is 0.451 e. The molecule has 0 spiro atoms. The minimum absolute atomic E-state index is 0.144. The molecule has 0 radical (unpaired) electrons. The Kier molecular flexibility index (Phi) is 2.57. The maximum atomic E-state index is 12.2. The number of furan rings is 1. The zero-order valence-corrected chi connectivity index (χ0v) is 9.92. The monoisotopic (exact) mass is 247 g/mol. The van der Waals surface area contributed by atoms with Crippen LogP contribution in [-0.4, -0.2) is 35.3 Å². The van der Waals surface area contributed by atoms with Crippen molar-refractivity contribution in [3.63, 3.8) is 0 Å². The summed E-state index contributed by atoms with van der Waals surface area (Å²) < 4.78 is 5.56. The number of hydrogen-bond donors (Lipinski definition) is 1. The minimum atomic E-state index is -0.626. The third kappa shape index (κ3) is 1.68. The molecule has 1 N–H and O–H groups in total. The van der Waals surface area contributed by atoms with Gasteiger partial charge in [-0.25, -0.2) is 5.06 Å². The van der Waals surface area contributed by atoms with Gasteiger partial charge in [-0.2, -0.15) is 0 Å². The maximum absolute atomic E-state index is 12.2. The van der Waals surface area contributed by atoms with Crippen LogP contribution in [0.15, 0.2) is 28.7 Å². The van der Waals surface area contributed by atoms with Crippen LogP contribution in [0.1, 0.15) is 16.1 Å². The van der Waals surface area contributed by atoms with Gasteiger partial charge < -0.3 is 9.52 Å². The molecule has 1 unspecified atom stereocenters. The highest BCUT2D eigenvalue weighted by Crippen LogP contribution is 2.26. The van der Waals surface area contributed by atoms with Gasteiger partial charge in [-0.15, -0.1) is 0 Å². The van der Waals surface area contributed by atoms with Gasteiger partial charge >= 0.3 is 5.91 Å². The molecule has 2 aromatic rings. The number of aryl methyl sites for hydroxylation is 1. The van der Waals surface area contributed by atoms with Gasteiger partial charge in [-0.05, 0) is 13.0 Å². The zero-order chi connectivity index (χ0) is 12.7. The van der Waals surface area contributed by atoms with E-state index in [-0.39, 0.29) is 24.8 Å². The van der Waals surface area contributed by atoms with Crippen LogP contribution in [0.5, 0.6) is 0 Å². The predicted octanol–water partition coefficient (Wildman–Crippen LogP) is 1.49. The molecular weight excluding hydrogens is 234 g/mol. The summed E-state index contributed by atoms with van der Waals surface area (Å²) in [6.45, 7) is 2.16. The van der Waals surface area contributed by atoms with E-state index < -0.39 is 6.10 Å². The molecule has 94 valence electrons. The Bertz CT molecular complexity index is 604. The summed E-state index contributed by atoms with van der Waals surface area (Å²) >= 11 is 0. The second-order valence-corrected chi connectivity index (χ2v) is 4.37. The average Bonchev–Trinajstić information content (AvgIpc) is 2.94. The number of aliphatic hydroxyl groups is 1. The highest BCUT2D eigenvalue weighted by atomic mass is 16.7. The highest BCUT2D eigenvalue weighted by Gasteiger charge is 2.30. The van der Waals surface area contributed by atoms with Gasteiger partial charge in [0.25, 0.3) is 0 Å². The number of aliphatic hydroxyl groups excluding tert-OH is 1. The fourth-order valence-electron chi connectivity index (χ4n) is 2.11. The molecule has 2 heterocycles. The first-order chi connectivity index (χ1) is 8.66. The number of hydrogen-bond acceptors (Lipinski definition) is 4. The van der Waals surface area contributed by atoms with Crippen molar-refractivity contribution in [2.45, 2.75) is 13.0 Å². The highest BCUT2D eigenvalue weighted by molar-refractivity contribution is 5.98. The van der Waals surface area contributed by atoms with Crippen LogP contribution in [-0.2, 0) is 4.84 Å². The van der Waals surface area contributed by atoms with Crippen molar-refractivity contribution in [3.8, 4) is 0 Å². The minimum Gasteiger partial charge on any atom is -0.451 e. The van der Waals surface area contributed by atoms with E-state index >= 15 is 0 Å².